The molecule has 1 rings (SSSR count). The first-order valence-corrected chi connectivity index (χ1v) is 6.66. The summed E-state index contributed by atoms with van der Waals surface area (Å²) in [6.07, 6.45) is 0. The average Bonchev–Trinajstić information content (AvgIpc) is 2.37. The standard InChI is InChI=1S/C16H24N2O/c1-12(16(2,3)4)10-18-11-14-8-13(9-17)6-7-15(14)19-5/h6-8,12,18H,10-11H2,1-5H3. The Kier molecular flexibility index (Phi) is 5.38. The number of ether oxygens (including phenoxy) is 1. The van der Waals surface area contributed by atoms with Crippen molar-refractivity contribution in [2.45, 2.75) is 34.2 Å². The summed E-state index contributed by atoms with van der Waals surface area (Å²) in [6, 6.07) is 7.67. The maximum atomic E-state index is 8.93. The van der Waals surface area contributed by atoms with Crippen molar-refractivity contribution in [3.8, 4) is 11.8 Å². The quantitative estimate of drug-likeness (QED) is 0.883. The van der Waals surface area contributed by atoms with E-state index in [2.05, 4.69) is 39.1 Å². The first-order chi connectivity index (χ1) is 8.88. The Bertz CT molecular complexity index is 455. The van der Waals surface area contributed by atoms with Crippen LogP contribution in [0.5, 0.6) is 5.75 Å². The van der Waals surface area contributed by atoms with Crippen molar-refractivity contribution in [3.63, 3.8) is 0 Å². The molecule has 1 N–H and O–H groups in total. The Labute approximate surface area is 116 Å². The van der Waals surface area contributed by atoms with Crippen LogP contribution < -0.4 is 10.1 Å². The van der Waals surface area contributed by atoms with Crippen LogP contribution in [0.25, 0.3) is 0 Å². The summed E-state index contributed by atoms with van der Waals surface area (Å²) in [5, 5.41) is 12.4. The Hall–Kier alpha value is -1.53. The lowest BCUT2D eigenvalue weighted by Crippen LogP contribution is -2.29. The maximum absolute atomic E-state index is 8.93. The van der Waals surface area contributed by atoms with E-state index in [9.17, 15) is 0 Å². The highest BCUT2D eigenvalue weighted by Gasteiger charge is 2.19. The zero-order valence-corrected chi connectivity index (χ0v) is 12.6. The van der Waals surface area contributed by atoms with Crippen molar-refractivity contribution in [2.75, 3.05) is 13.7 Å². The van der Waals surface area contributed by atoms with Crippen LogP contribution >= 0.6 is 0 Å². The van der Waals surface area contributed by atoms with Gasteiger partial charge in [0.15, 0.2) is 0 Å². The number of nitriles is 1. The van der Waals surface area contributed by atoms with Gasteiger partial charge in [-0.3, -0.25) is 0 Å². The molecule has 0 radical (unpaired) electrons. The van der Waals surface area contributed by atoms with E-state index >= 15 is 0 Å². The Balaban J connectivity index is 2.65. The number of nitrogens with one attached hydrogen (secondary N) is 1. The van der Waals surface area contributed by atoms with Gasteiger partial charge in [0.1, 0.15) is 5.75 Å². The summed E-state index contributed by atoms with van der Waals surface area (Å²) in [5.74, 6) is 1.41. The van der Waals surface area contributed by atoms with Gasteiger partial charge in [0.05, 0.1) is 18.7 Å². The van der Waals surface area contributed by atoms with E-state index in [-0.39, 0.29) is 0 Å². The molecule has 0 aromatic heterocycles. The fourth-order valence-corrected chi connectivity index (χ4v) is 1.72. The third kappa shape index (κ3) is 4.57. The van der Waals surface area contributed by atoms with Gasteiger partial charge in [0, 0.05) is 12.1 Å². The van der Waals surface area contributed by atoms with Crippen LogP contribution in [0.4, 0.5) is 0 Å². The van der Waals surface area contributed by atoms with Crippen LogP contribution in [0.3, 0.4) is 0 Å². The lowest BCUT2D eigenvalue weighted by molar-refractivity contribution is 0.252. The fraction of sp³-hybridized carbons (Fsp3) is 0.562. The Morgan fingerprint density at radius 2 is 2.05 bits per heavy atom. The summed E-state index contributed by atoms with van der Waals surface area (Å²) in [6.45, 7) is 10.7. The molecular formula is C16H24N2O. The second-order valence-corrected chi connectivity index (χ2v) is 6.04. The molecule has 0 saturated heterocycles. The van der Waals surface area contributed by atoms with Crippen molar-refractivity contribution in [2.24, 2.45) is 11.3 Å². The molecule has 0 bridgehead atoms. The highest BCUT2D eigenvalue weighted by Crippen LogP contribution is 2.25. The van der Waals surface area contributed by atoms with Crippen LogP contribution in [0.2, 0.25) is 0 Å². The third-order valence-electron chi connectivity index (χ3n) is 3.65. The normalized spacial score (nSPS) is 12.8. The minimum Gasteiger partial charge on any atom is -0.496 e. The predicted octanol–water partition coefficient (Wildman–Crippen LogP) is 3.34. The molecule has 0 aliphatic carbocycles. The smallest absolute Gasteiger partial charge is 0.123 e. The molecule has 3 nitrogen and oxygen atoms in total. The van der Waals surface area contributed by atoms with Crippen LogP contribution in [0.15, 0.2) is 18.2 Å². The summed E-state index contributed by atoms with van der Waals surface area (Å²) in [7, 11) is 1.66. The van der Waals surface area contributed by atoms with E-state index in [0.717, 1.165) is 24.4 Å². The summed E-state index contributed by atoms with van der Waals surface area (Å²) >= 11 is 0. The molecule has 19 heavy (non-hydrogen) atoms. The predicted molar refractivity (Wildman–Crippen MR) is 78.0 cm³/mol. The van der Waals surface area contributed by atoms with Gasteiger partial charge in [-0.05, 0) is 36.1 Å². The molecule has 0 saturated carbocycles. The fourth-order valence-electron chi connectivity index (χ4n) is 1.72. The molecule has 0 heterocycles. The second kappa shape index (κ2) is 6.58. The van der Waals surface area contributed by atoms with Gasteiger partial charge in [0.2, 0.25) is 0 Å². The lowest BCUT2D eigenvalue weighted by atomic mass is 9.82. The first kappa shape index (κ1) is 15.5. The molecule has 0 amide bonds. The van der Waals surface area contributed by atoms with Gasteiger partial charge < -0.3 is 10.1 Å². The van der Waals surface area contributed by atoms with Crippen molar-refractivity contribution in [3.05, 3.63) is 29.3 Å². The van der Waals surface area contributed by atoms with Gasteiger partial charge in [-0.15, -0.1) is 0 Å². The van der Waals surface area contributed by atoms with E-state index in [1.165, 1.54) is 0 Å². The third-order valence-corrected chi connectivity index (χ3v) is 3.65. The van der Waals surface area contributed by atoms with Gasteiger partial charge >= 0.3 is 0 Å². The molecular weight excluding hydrogens is 236 g/mol. The molecule has 0 spiro atoms. The van der Waals surface area contributed by atoms with E-state index in [0.29, 0.717) is 16.9 Å². The minimum atomic E-state index is 0.297. The summed E-state index contributed by atoms with van der Waals surface area (Å²) < 4.78 is 5.32. The van der Waals surface area contributed by atoms with Crippen LogP contribution in [-0.4, -0.2) is 13.7 Å². The molecule has 1 aromatic carbocycles. The molecule has 1 atom stereocenters. The van der Waals surface area contributed by atoms with E-state index in [4.69, 9.17) is 10.00 Å². The average molecular weight is 260 g/mol. The zero-order chi connectivity index (χ0) is 14.5. The van der Waals surface area contributed by atoms with Gasteiger partial charge in [-0.1, -0.05) is 27.7 Å². The highest BCUT2D eigenvalue weighted by molar-refractivity contribution is 5.41. The second-order valence-electron chi connectivity index (χ2n) is 6.04. The van der Waals surface area contributed by atoms with E-state index in [1.807, 2.05) is 12.1 Å². The maximum Gasteiger partial charge on any atom is 0.123 e. The number of nitrogens with zero attached hydrogens (tertiary/aromatic N) is 1. The molecule has 0 aliphatic rings. The number of benzene rings is 1. The summed E-state index contributed by atoms with van der Waals surface area (Å²) in [4.78, 5) is 0. The Morgan fingerprint density at radius 1 is 1.37 bits per heavy atom. The molecule has 0 fully saturated rings. The molecule has 0 aliphatic heterocycles. The van der Waals surface area contributed by atoms with E-state index in [1.54, 1.807) is 13.2 Å². The lowest BCUT2D eigenvalue weighted by Gasteiger charge is -2.27. The molecule has 1 aromatic rings. The SMILES string of the molecule is COc1ccc(C#N)cc1CNCC(C)C(C)(C)C. The van der Waals surface area contributed by atoms with Crippen molar-refractivity contribution in [1.82, 2.24) is 5.32 Å². The van der Waals surface area contributed by atoms with Crippen molar-refractivity contribution >= 4 is 0 Å². The van der Waals surface area contributed by atoms with E-state index < -0.39 is 0 Å². The molecule has 104 valence electrons. The van der Waals surface area contributed by atoms with Gasteiger partial charge in [-0.25, -0.2) is 0 Å². The summed E-state index contributed by atoms with van der Waals surface area (Å²) in [5.41, 5.74) is 2.00. The van der Waals surface area contributed by atoms with Gasteiger partial charge in [0.25, 0.3) is 0 Å². The zero-order valence-electron chi connectivity index (χ0n) is 12.6. The molecule has 1 unspecified atom stereocenters. The monoisotopic (exact) mass is 260 g/mol. The van der Waals surface area contributed by atoms with Crippen LogP contribution in [-0.2, 0) is 6.54 Å². The minimum absolute atomic E-state index is 0.297. The Morgan fingerprint density at radius 3 is 2.58 bits per heavy atom. The van der Waals surface area contributed by atoms with Crippen molar-refractivity contribution in [1.29, 1.82) is 5.26 Å². The number of hydrogen-bond acceptors (Lipinski definition) is 3. The van der Waals surface area contributed by atoms with Gasteiger partial charge in [-0.2, -0.15) is 5.26 Å². The number of hydrogen-bond donors (Lipinski definition) is 1. The first-order valence-electron chi connectivity index (χ1n) is 6.66. The highest BCUT2D eigenvalue weighted by atomic mass is 16.5. The van der Waals surface area contributed by atoms with Crippen molar-refractivity contribution < 1.29 is 4.74 Å². The molecule has 3 heteroatoms. The number of rotatable bonds is 5. The largest absolute Gasteiger partial charge is 0.496 e. The van der Waals surface area contributed by atoms with Crippen LogP contribution in [0.1, 0.15) is 38.8 Å². The van der Waals surface area contributed by atoms with Crippen LogP contribution in [0, 0.1) is 22.7 Å². The number of methoxy groups -OCH3 is 1. The topological polar surface area (TPSA) is 45.0 Å².